The maximum absolute atomic E-state index is 12.7. The fourth-order valence-electron chi connectivity index (χ4n) is 3.62. The van der Waals surface area contributed by atoms with Crippen LogP contribution in [-0.4, -0.2) is 17.4 Å². The minimum atomic E-state index is 0.263. The molecule has 3 heteroatoms. The lowest BCUT2D eigenvalue weighted by Crippen LogP contribution is -2.36. The van der Waals surface area contributed by atoms with Gasteiger partial charge in [-0.3, -0.25) is 4.79 Å². The minimum absolute atomic E-state index is 0.263. The molecule has 0 heterocycles. The van der Waals surface area contributed by atoms with Gasteiger partial charge in [0.25, 0.3) is 0 Å². The van der Waals surface area contributed by atoms with E-state index in [1.165, 1.54) is 6.42 Å². The molecule has 0 aromatic heterocycles. The molecule has 0 radical (unpaired) electrons. The summed E-state index contributed by atoms with van der Waals surface area (Å²) >= 11 is 0. The standard InChI is InChI=1S/C18H22N2O/c1-2-7-20(12-14-5-3-13(11-19)4-6-14)18(21)17-9-15-8-16(15)10-17/h3-6,15-17H,2,7-10,12H2,1H3. The molecule has 1 aromatic rings. The number of hydrogen-bond acceptors (Lipinski definition) is 2. The van der Waals surface area contributed by atoms with Crippen molar-refractivity contribution in [1.29, 1.82) is 5.26 Å². The summed E-state index contributed by atoms with van der Waals surface area (Å²) in [7, 11) is 0. The number of nitriles is 1. The van der Waals surface area contributed by atoms with Crippen LogP contribution in [0.3, 0.4) is 0 Å². The molecular formula is C18H22N2O. The van der Waals surface area contributed by atoms with Crippen LogP contribution in [0.15, 0.2) is 24.3 Å². The number of hydrogen-bond donors (Lipinski definition) is 0. The zero-order valence-electron chi connectivity index (χ0n) is 12.6. The number of benzene rings is 1. The van der Waals surface area contributed by atoms with Gasteiger partial charge < -0.3 is 4.90 Å². The molecule has 3 nitrogen and oxygen atoms in total. The molecular weight excluding hydrogens is 260 g/mol. The van der Waals surface area contributed by atoms with Crippen molar-refractivity contribution >= 4 is 5.91 Å². The van der Waals surface area contributed by atoms with Crippen molar-refractivity contribution in [3.8, 4) is 6.07 Å². The van der Waals surface area contributed by atoms with Gasteiger partial charge in [0.1, 0.15) is 0 Å². The number of nitrogens with zero attached hydrogens (tertiary/aromatic N) is 2. The van der Waals surface area contributed by atoms with Gasteiger partial charge in [0.05, 0.1) is 11.6 Å². The van der Waals surface area contributed by atoms with E-state index in [0.29, 0.717) is 18.0 Å². The fraction of sp³-hybridized carbons (Fsp3) is 0.556. The van der Waals surface area contributed by atoms with Crippen LogP contribution >= 0.6 is 0 Å². The van der Waals surface area contributed by atoms with Gasteiger partial charge in [0, 0.05) is 19.0 Å². The van der Waals surface area contributed by atoms with Crippen LogP contribution in [0.2, 0.25) is 0 Å². The summed E-state index contributed by atoms with van der Waals surface area (Å²) in [5.74, 6) is 2.29. The summed E-state index contributed by atoms with van der Waals surface area (Å²) < 4.78 is 0. The van der Waals surface area contributed by atoms with Gasteiger partial charge in [0.15, 0.2) is 0 Å². The van der Waals surface area contributed by atoms with Gasteiger partial charge in [-0.1, -0.05) is 19.1 Å². The Labute approximate surface area is 126 Å². The molecule has 3 rings (SSSR count). The van der Waals surface area contributed by atoms with Gasteiger partial charge in [0.2, 0.25) is 5.91 Å². The molecule has 1 aromatic carbocycles. The highest BCUT2D eigenvalue weighted by atomic mass is 16.2. The second kappa shape index (κ2) is 5.89. The second-order valence-corrected chi connectivity index (χ2v) is 6.49. The topological polar surface area (TPSA) is 44.1 Å². The molecule has 0 saturated heterocycles. The first-order chi connectivity index (χ1) is 10.2. The first-order valence-electron chi connectivity index (χ1n) is 7.99. The molecule has 0 bridgehead atoms. The van der Waals surface area contributed by atoms with Crippen LogP contribution in [-0.2, 0) is 11.3 Å². The third-order valence-corrected chi connectivity index (χ3v) is 4.85. The van der Waals surface area contributed by atoms with Gasteiger partial charge in [-0.15, -0.1) is 0 Å². The Kier molecular flexibility index (Phi) is 3.96. The van der Waals surface area contributed by atoms with E-state index in [-0.39, 0.29) is 5.92 Å². The summed E-state index contributed by atoms with van der Waals surface area (Å²) in [6.07, 6.45) is 4.56. The van der Waals surface area contributed by atoms with E-state index in [2.05, 4.69) is 13.0 Å². The predicted molar refractivity (Wildman–Crippen MR) is 81.2 cm³/mol. The molecule has 2 aliphatic carbocycles. The third kappa shape index (κ3) is 3.10. The Morgan fingerprint density at radius 2 is 1.90 bits per heavy atom. The molecule has 1 amide bonds. The van der Waals surface area contributed by atoms with E-state index in [1.54, 1.807) is 0 Å². The normalized spacial score (nSPS) is 26.0. The molecule has 21 heavy (non-hydrogen) atoms. The highest BCUT2D eigenvalue weighted by Crippen LogP contribution is 2.54. The van der Waals surface area contributed by atoms with Crippen molar-refractivity contribution in [2.24, 2.45) is 17.8 Å². The van der Waals surface area contributed by atoms with Crippen molar-refractivity contribution in [3.63, 3.8) is 0 Å². The van der Waals surface area contributed by atoms with Crippen LogP contribution in [0.4, 0.5) is 0 Å². The van der Waals surface area contributed by atoms with E-state index in [1.807, 2.05) is 29.2 Å². The van der Waals surface area contributed by atoms with Crippen molar-refractivity contribution in [2.75, 3.05) is 6.54 Å². The van der Waals surface area contributed by atoms with Crippen molar-refractivity contribution in [2.45, 2.75) is 39.2 Å². The molecule has 2 atom stereocenters. The van der Waals surface area contributed by atoms with Crippen LogP contribution in [0.25, 0.3) is 0 Å². The van der Waals surface area contributed by atoms with E-state index < -0.39 is 0 Å². The maximum atomic E-state index is 12.7. The highest BCUT2D eigenvalue weighted by Gasteiger charge is 2.48. The number of amides is 1. The fourth-order valence-corrected chi connectivity index (χ4v) is 3.62. The number of fused-ring (bicyclic) bond motifs is 1. The summed E-state index contributed by atoms with van der Waals surface area (Å²) in [5, 5.41) is 8.84. The quantitative estimate of drug-likeness (QED) is 0.831. The Hall–Kier alpha value is -1.82. The first-order valence-corrected chi connectivity index (χ1v) is 7.99. The third-order valence-electron chi connectivity index (χ3n) is 4.85. The molecule has 2 unspecified atom stereocenters. The zero-order chi connectivity index (χ0) is 14.8. The lowest BCUT2D eigenvalue weighted by atomic mass is 10.0. The van der Waals surface area contributed by atoms with Crippen LogP contribution in [0, 0.1) is 29.1 Å². The van der Waals surface area contributed by atoms with Gasteiger partial charge in [-0.25, -0.2) is 0 Å². The maximum Gasteiger partial charge on any atom is 0.226 e. The van der Waals surface area contributed by atoms with Crippen LogP contribution < -0.4 is 0 Å². The monoisotopic (exact) mass is 282 g/mol. The van der Waals surface area contributed by atoms with Crippen molar-refractivity contribution < 1.29 is 4.79 Å². The summed E-state index contributed by atoms with van der Waals surface area (Å²) in [4.78, 5) is 14.7. The molecule has 0 N–H and O–H groups in total. The Balaban J connectivity index is 1.65. The smallest absolute Gasteiger partial charge is 0.226 e. The molecule has 2 aliphatic rings. The van der Waals surface area contributed by atoms with Gasteiger partial charge in [-0.05, 0) is 55.2 Å². The van der Waals surface area contributed by atoms with Gasteiger partial charge >= 0.3 is 0 Å². The molecule has 2 saturated carbocycles. The van der Waals surface area contributed by atoms with Gasteiger partial charge in [-0.2, -0.15) is 5.26 Å². The Morgan fingerprint density at radius 1 is 1.24 bits per heavy atom. The molecule has 110 valence electrons. The minimum Gasteiger partial charge on any atom is -0.338 e. The summed E-state index contributed by atoms with van der Waals surface area (Å²) in [6.45, 7) is 3.61. The number of carbonyl (C=O) groups excluding carboxylic acids is 1. The lowest BCUT2D eigenvalue weighted by Gasteiger charge is -2.26. The van der Waals surface area contributed by atoms with E-state index >= 15 is 0 Å². The van der Waals surface area contributed by atoms with E-state index in [0.717, 1.165) is 43.2 Å². The largest absolute Gasteiger partial charge is 0.338 e. The van der Waals surface area contributed by atoms with Crippen LogP contribution in [0.1, 0.15) is 43.7 Å². The molecule has 0 spiro atoms. The van der Waals surface area contributed by atoms with E-state index in [4.69, 9.17) is 5.26 Å². The van der Waals surface area contributed by atoms with Crippen molar-refractivity contribution in [1.82, 2.24) is 4.90 Å². The molecule has 0 aliphatic heterocycles. The SMILES string of the molecule is CCCN(Cc1ccc(C#N)cc1)C(=O)C1CC2CC2C1. The Morgan fingerprint density at radius 3 is 2.48 bits per heavy atom. The van der Waals surface area contributed by atoms with E-state index in [9.17, 15) is 4.79 Å². The molecule has 2 fully saturated rings. The predicted octanol–water partition coefficient (Wildman–Crippen LogP) is 3.34. The lowest BCUT2D eigenvalue weighted by molar-refractivity contribution is -0.136. The average Bonchev–Trinajstić information content (AvgIpc) is 3.13. The first kappa shape index (κ1) is 14.1. The summed E-state index contributed by atoms with van der Waals surface area (Å²) in [5.41, 5.74) is 1.78. The number of carbonyl (C=O) groups is 1. The number of rotatable bonds is 5. The average molecular weight is 282 g/mol. The van der Waals surface area contributed by atoms with Crippen LogP contribution in [0.5, 0.6) is 0 Å². The summed E-state index contributed by atoms with van der Waals surface area (Å²) in [6, 6.07) is 9.70. The Bertz CT molecular complexity index is 548. The van der Waals surface area contributed by atoms with Crippen molar-refractivity contribution in [3.05, 3.63) is 35.4 Å². The highest BCUT2D eigenvalue weighted by molar-refractivity contribution is 5.79. The zero-order valence-corrected chi connectivity index (χ0v) is 12.6. The second-order valence-electron chi connectivity index (χ2n) is 6.49.